The number of ether oxygens (including phenoxy) is 2. The highest BCUT2D eigenvalue weighted by atomic mass is 32.2. The monoisotopic (exact) mass is 329 g/mol. The van der Waals surface area contributed by atoms with Crippen molar-refractivity contribution < 1.29 is 23.9 Å². The predicted octanol–water partition coefficient (Wildman–Crippen LogP) is 1.08. The number of esters is 2. The molecule has 0 radical (unpaired) electrons. The van der Waals surface area contributed by atoms with Crippen molar-refractivity contribution in [3.63, 3.8) is 0 Å². The maximum Gasteiger partial charge on any atom is 0.310 e. The van der Waals surface area contributed by atoms with E-state index in [9.17, 15) is 14.4 Å². The molecule has 124 valence electrons. The van der Waals surface area contributed by atoms with Crippen molar-refractivity contribution in [3.05, 3.63) is 0 Å². The lowest BCUT2D eigenvalue weighted by atomic mass is 9.97. The van der Waals surface area contributed by atoms with Crippen molar-refractivity contribution in [2.75, 3.05) is 37.8 Å². The van der Waals surface area contributed by atoms with Gasteiger partial charge in [0.15, 0.2) is 6.61 Å². The van der Waals surface area contributed by atoms with E-state index >= 15 is 0 Å². The summed E-state index contributed by atoms with van der Waals surface area (Å²) < 4.78 is 10.1. The van der Waals surface area contributed by atoms with E-state index in [1.807, 2.05) is 0 Å². The van der Waals surface area contributed by atoms with Crippen molar-refractivity contribution in [2.24, 2.45) is 11.8 Å². The van der Waals surface area contributed by atoms with Crippen LogP contribution in [-0.2, 0) is 23.9 Å². The second-order valence-corrected chi connectivity index (χ2v) is 6.73. The van der Waals surface area contributed by atoms with Gasteiger partial charge in [-0.1, -0.05) is 0 Å². The first-order valence-electron chi connectivity index (χ1n) is 7.80. The number of carbonyl (C=O) groups is 3. The van der Waals surface area contributed by atoms with Crippen LogP contribution < -0.4 is 0 Å². The molecule has 0 bridgehead atoms. The summed E-state index contributed by atoms with van der Waals surface area (Å²) in [7, 11) is 0. The molecule has 22 heavy (non-hydrogen) atoms. The first-order valence-corrected chi connectivity index (χ1v) is 8.96. The van der Waals surface area contributed by atoms with E-state index in [1.165, 1.54) is 0 Å². The van der Waals surface area contributed by atoms with E-state index in [4.69, 9.17) is 9.47 Å². The van der Waals surface area contributed by atoms with Crippen LogP contribution in [-0.4, -0.2) is 60.6 Å². The Balaban J connectivity index is 1.68. The summed E-state index contributed by atoms with van der Waals surface area (Å²) in [5.41, 5.74) is 0. The van der Waals surface area contributed by atoms with E-state index in [1.54, 1.807) is 23.6 Å². The molecule has 0 aliphatic carbocycles. The summed E-state index contributed by atoms with van der Waals surface area (Å²) in [5, 5.41) is 0. The first-order chi connectivity index (χ1) is 10.6. The Bertz CT molecular complexity index is 414. The van der Waals surface area contributed by atoms with Gasteiger partial charge in [0.2, 0.25) is 0 Å². The Morgan fingerprint density at radius 2 is 1.73 bits per heavy atom. The molecule has 2 fully saturated rings. The fourth-order valence-corrected chi connectivity index (χ4v) is 3.89. The molecule has 0 aromatic rings. The maximum absolute atomic E-state index is 12.0. The minimum atomic E-state index is -0.264. The van der Waals surface area contributed by atoms with Crippen LogP contribution in [0.4, 0.5) is 0 Å². The molecule has 0 aromatic heterocycles. The highest BCUT2D eigenvalue weighted by Crippen LogP contribution is 2.24. The van der Waals surface area contributed by atoms with Gasteiger partial charge in [-0.2, -0.15) is 11.8 Å². The normalized spacial score (nSPS) is 22.4. The number of hydrogen-bond acceptors (Lipinski definition) is 6. The molecular weight excluding hydrogens is 306 g/mol. The molecule has 0 spiro atoms. The van der Waals surface area contributed by atoms with Crippen LogP contribution in [0.1, 0.15) is 26.2 Å². The molecule has 0 N–H and O–H groups in total. The van der Waals surface area contributed by atoms with Gasteiger partial charge in [0.1, 0.15) is 0 Å². The molecule has 7 heteroatoms. The van der Waals surface area contributed by atoms with Crippen LogP contribution in [0, 0.1) is 11.8 Å². The van der Waals surface area contributed by atoms with E-state index in [0.29, 0.717) is 32.5 Å². The third kappa shape index (κ3) is 4.63. The second kappa shape index (κ2) is 8.41. The van der Waals surface area contributed by atoms with Gasteiger partial charge in [0.25, 0.3) is 5.91 Å². The molecule has 2 saturated heterocycles. The zero-order chi connectivity index (χ0) is 15.9. The number of amides is 1. The highest BCUT2D eigenvalue weighted by Gasteiger charge is 2.29. The van der Waals surface area contributed by atoms with Gasteiger partial charge in [-0.25, -0.2) is 0 Å². The van der Waals surface area contributed by atoms with Gasteiger partial charge in [0.05, 0.1) is 18.4 Å². The Hall–Kier alpha value is -1.24. The minimum Gasteiger partial charge on any atom is -0.466 e. The lowest BCUT2D eigenvalue weighted by Gasteiger charge is -2.30. The molecule has 1 amide bonds. The molecule has 2 rings (SSSR count). The number of thioether (sulfide) groups is 1. The van der Waals surface area contributed by atoms with Gasteiger partial charge in [0, 0.05) is 18.8 Å². The summed E-state index contributed by atoms with van der Waals surface area (Å²) in [6, 6.07) is 0. The summed E-state index contributed by atoms with van der Waals surface area (Å²) in [6.07, 6.45) is 2.05. The number of rotatable bonds is 5. The fourth-order valence-electron chi connectivity index (χ4n) is 2.69. The number of hydrogen-bond donors (Lipinski definition) is 0. The average molecular weight is 329 g/mol. The van der Waals surface area contributed by atoms with Crippen LogP contribution in [0.5, 0.6) is 0 Å². The van der Waals surface area contributed by atoms with Crippen LogP contribution in [0.25, 0.3) is 0 Å². The van der Waals surface area contributed by atoms with Crippen LogP contribution in [0.15, 0.2) is 0 Å². The quantitative estimate of drug-likeness (QED) is 0.703. The van der Waals surface area contributed by atoms with E-state index < -0.39 is 0 Å². The van der Waals surface area contributed by atoms with Crippen molar-refractivity contribution in [1.29, 1.82) is 0 Å². The molecular formula is C15H23NO5S. The number of carbonyl (C=O) groups excluding carboxylic acids is 3. The smallest absolute Gasteiger partial charge is 0.310 e. The van der Waals surface area contributed by atoms with E-state index in [2.05, 4.69) is 0 Å². The Labute approximate surface area is 134 Å². The average Bonchev–Trinajstić information content (AvgIpc) is 3.07. The Morgan fingerprint density at radius 1 is 1.05 bits per heavy atom. The molecule has 0 aromatic carbocycles. The first kappa shape index (κ1) is 17.1. The standard InChI is InChI=1S/C15H23NO5S/c1-2-20-14(18)11-3-6-16(7-4-11)13(17)9-21-15(19)12-5-8-22-10-12/h11-12H,2-10H2,1H3/t12-/m0/s1. The number of piperidine rings is 1. The number of likely N-dealkylation sites (tertiary alicyclic amines) is 1. The SMILES string of the molecule is CCOC(=O)C1CCN(C(=O)COC(=O)[C@H]2CCSC2)CC1. The number of nitrogens with zero attached hydrogens (tertiary/aromatic N) is 1. The Kier molecular flexibility index (Phi) is 6.54. The fraction of sp³-hybridized carbons (Fsp3) is 0.800. The molecule has 2 aliphatic heterocycles. The minimum absolute atomic E-state index is 0.0626. The van der Waals surface area contributed by atoms with Gasteiger partial charge in [-0.15, -0.1) is 0 Å². The molecule has 2 heterocycles. The third-order valence-electron chi connectivity index (χ3n) is 4.07. The maximum atomic E-state index is 12.0. The lowest BCUT2D eigenvalue weighted by Crippen LogP contribution is -2.42. The Morgan fingerprint density at radius 3 is 2.32 bits per heavy atom. The van der Waals surface area contributed by atoms with Gasteiger partial charge >= 0.3 is 11.9 Å². The summed E-state index contributed by atoms with van der Waals surface area (Å²) in [5.74, 6) is 0.961. The van der Waals surface area contributed by atoms with Gasteiger partial charge in [-0.05, 0) is 31.9 Å². The molecule has 2 aliphatic rings. The predicted molar refractivity (Wildman–Crippen MR) is 82.3 cm³/mol. The third-order valence-corrected chi connectivity index (χ3v) is 5.23. The zero-order valence-corrected chi connectivity index (χ0v) is 13.7. The van der Waals surface area contributed by atoms with E-state index in [-0.39, 0.29) is 36.3 Å². The topological polar surface area (TPSA) is 72.9 Å². The second-order valence-electron chi connectivity index (χ2n) is 5.58. The highest BCUT2D eigenvalue weighted by molar-refractivity contribution is 7.99. The summed E-state index contributed by atoms with van der Waals surface area (Å²) in [4.78, 5) is 37.1. The summed E-state index contributed by atoms with van der Waals surface area (Å²) >= 11 is 1.74. The van der Waals surface area contributed by atoms with Crippen LogP contribution in [0.2, 0.25) is 0 Å². The summed E-state index contributed by atoms with van der Waals surface area (Å²) in [6.45, 7) is 3.00. The van der Waals surface area contributed by atoms with Gasteiger partial charge in [-0.3, -0.25) is 14.4 Å². The van der Waals surface area contributed by atoms with Gasteiger partial charge < -0.3 is 14.4 Å². The van der Waals surface area contributed by atoms with Crippen molar-refractivity contribution in [2.45, 2.75) is 26.2 Å². The van der Waals surface area contributed by atoms with E-state index in [0.717, 1.165) is 17.9 Å². The largest absolute Gasteiger partial charge is 0.466 e. The molecule has 1 atom stereocenters. The van der Waals surface area contributed by atoms with Crippen molar-refractivity contribution >= 4 is 29.6 Å². The molecule has 0 saturated carbocycles. The van der Waals surface area contributed by atoms with Crippen LogP contribution in [0.3, 0.4) is 0 Å². The van der Waals surface area contributed by atoms with Crippen molar-refractivity contribution in [3.8, 4) is 0 Å². The lowest BCUT2D eigenvalue weighted by molar-refractivity contribution is -0.156. The molecule has 6 nitrogen and oxygen atoms in total. The van der Waals surface area contributed by atoms with Crippen molar-refractivity contribution in [1.82, 2.24) is 4.90 Å². The van der Waals surface area contributed by atoms with Crippen LogP contribution >= 0.6 is 11.8 Å². The molecule has 0 unspecified atom stereocenters. The zero-order valence-electron chi connectivity index (χ0n) is 12.9.